The van der Waals surface area contributed by atoms with Crippen LogP contribution in [-0.2, 0) is 0 Å². The number of primary amides is 1. The van der Waals surface area contributed by atoms with Gasteiger partial charge in [0.05, 0.1) is 16.3 Å². The number of hydrogen-bond donors (Lipinski definition) is 3. The lowest BCUT2D eigenvalue weighted by molar-refractivity contribution is 0.100. The molecule has 0 fully saturated rings. The zero-order valence-electron chi connectivity index (χ0n) is 11.4. The summed E-state index contributed by atoms with van der Waals surface area (Å²) in [6.45, 7) is 1.83. The Morgan fingerprint density at radius 1 is 1.33 bits per heavy atom. The minimum absolute atomic E-state index is 0.197. The van der Waals surface area contributed by atoms with Crippen LogP contribution in [0, 0.1) is 5.82 Å². The van der Waals surface area contributed by atoms with E-state index in [1.807, 2.05) is 6.92 Å². The number of benzene rings is 2. The molecule has 0 aromatic heterocycles. The highest BCUT2D eigenvalue weighted by atomic mass is 35.5. The second-order valence-electron chi connectivity index (χ2n) is 4.71. The van der Waals surface area contributed by atoms with E-state index >= 15 is 0 Å². The maximum absolute atomic E-state index is 13.3. The van der Waals surface area contributed by atoms with E-state index in [2.05, 4.69) is 5.32 Å². The minimum atomic E-state index is -0.641. The lowest BCUT2D eigenvalue weighted by Gasteiger charge is -2.19. The summed E-state index contributed by atoms with van der Waals surface area (Å²) in [5, 5.41) is 3.36. The topological polar surface area (TPSA) is 81.1 Å². The Kier molecular flexibility index (Phi) is 4.33. The minimum Gasteiger partial charge on any atom is -0.399 e. The SMILES string of the molecule is CC(Nc1c(Cl)cc(N)cc1C(N)=O)c1cccc(F)c1. The van der Waals surface area contributed by atoms with Crippen LogP contribution in [0.4, 0.5) is 15.8 Å². The van der Waals surface area contributed by atoms with Gasteiger partial charge < -0.3 is 16.8 Å². The molecule has 0 saturated carbocycles. The van der Waals surface area contributed by atoms with Crippen LogP contribution in [0.2, 0.25) is 5.02 Å². The molecule has 2 aromatic carbocycles. The molecule has 2 rings (SSSR count). The van der Waals surface area contributed by atoms with Crippen LogP contribution < -0.4 is 16.8 Å². The van der Waals surface area contributed by atoms with Crippen molar-refractivity contribution in [2.75, 3.05) is 11.1 Å². The molecule has 0 heterocycles. The highest BCUT2D eigenvalue weighted by Gasteiger charge is 2.16. The first-order chi connectivity index (χ1) is 9.88. The van der Waals surface area contributed by atoms with E-state index in [0.29, 0.717) is 11.4 Å². The molecule has 0 radical (unpaired) electrons. The van der Waals surface area contributed by atoms with Gasteiger partial charge >= 0.3 is 0 Å². The van der Waals surface area contributed by atoms with Gasteiger partial charge in [-0.15, -0.1) is 0 Å². The first-order valence-electron chi connectivity index (χ1n) is 6.29. The van der Waals surface area contributed by atoms with E-state index in [0.717, 1.165) is 5.56 Å². The number of rotatable bonds is 4. The molecular weight excluding hydrogens is 293 g/mol. The molecule has 0 aliphatic rings. The van der Waals surface area contributed by atoms with E-state index in [4.69, 9.17) is 23.1 Å². The van der Waals surface area contributed by atoms with Crippen molar-refractivity contribution < 1.29 is 9.18 Å². The zero-order chi connectivity index (χ0) is 15.6. The Morgan fingerprint density at radius 3 is 2.67 bits per heavy atom. The smallest absolute Gasteiger partial charge is 0.250 e. The molecule has 1 atom stereocenters. The first-order valence-corrected chi connectivity index (χ1v) is 6.67. The van der Waals surface area contributed by atoms with Crippen LogP contribution >= 0.6 is 11.6 Å². The Hall–Kier alpha value is -2.27. The zero-order valence-corrected chi connectivity index (χ0v) is 12.1. The van der Waals surface area contributed by atoms with Gasteiger partial charge in [0.1, 0.15) is 5.82 Å². The fourth-order valence-corrected chi connectivity index (χ4v) is 2.33. The maximum atomic E-state index is 13.3. The van der Waals surface area contributed by atoms with Gasteiger partial charge in [0, 0.05) is 11.7 Å². The summed E-state index contributed by atoms with van der Waals surface area (Å²) in [6, 6.07) is 8.87. The number of amides is 1. The fourth-order valence-electron chi connectivity index (χ4n) is 2.04. The van der Waals surface area contributed by atoms with E-state index in [-0.39, 0.29) is 22.4 Å². The molecule has 110 valence electrons. The predicted octanol–water partition coefficient (Wildman–Crippen LogP) is 3.33. The van der Waals surface area contributed by atoms with Crippen LogP contribution in [0.15, 0.2) is 36.4 Å². The van der Waals surface area contributed by atoms with Gasteiger partial charge in [-0.3, -0.25) is 4.79 Å². The molecule has 0 saturated heterocycles. The van der Waals surface area contributed by atoms with Crippen LogP contribution in [0.25, 0.3) is 0 Å². The largest absolute Gasteiger partial charge is 0.399 e. The normalized spacial score (nSPS) is 12.0. The standard InChI is InChI=1S/C15H15ClFN3O/c1-8(9-3-2-4-10(17)5-9)20-14-12(15(19)21)6-11(18)7-13(14)16/h2-8,20H,18H2,1H3,(H2,19,21). The van der Waals surface area contributed by atoms with Gasteiger partial charge in [0.2, 0.25) is 0 Å². The van der Waals surface area contributed by atoms with E-state index < -0.39 is 5.91 Å². The Labute approximate surface area is 126 Å². The third-order valence-electron chi connectivity index (χ3n) is 3.09. The summed E-state index contributed by atoms with van der Waals surface area (Å²) in [4.78, 5) is 11.5. The molecule has 0 spiro atoms. The van der Waals surface area contributed by atoms with Crippen molar-refractivity contribution in [3.63, 3.8) is 0 Å². The number of hydrogen-bond acceptors (Lipinski definition) is 3. The number of nitrogen functional groups attached to an aromatic ring is 1. The van der Waals surface area contributed by atoms with Crippen LogP contribution in [-0.4, -0.2) is 5.91 Å². The van der Waals surface area contributed by atoms with Gasteiger partial charge in [-0.25, -0.2) is 4.39 Å². The van der Waals surface area contributed by atoms with Crippen molar-refractivity contribution in [1.82, 2.24) is 0 Å². The van der Waals surface area contributed by atoms with Crippen molar-refractivity contribution in [2.24, 2.45) is 5.73 Å². The van der Waals surface area contributed by atoms with Crippen molar-refractivity contribution >= 4 is 28.9 Å². The third-order valence-corrected chi connectivity index (χ3v) is 3.39. The average molecular weight is 308 g/mol. The highest BCUT2D eigenvalue weighted by Crippen LogP contribution is 2.32. The summed E-state index contributed by atoms with van der Waals surface area (Å²) in [5.41, 5.74) is 12.6. The molecule has 5 N–H and O–H groups in total. The van der Waals surface area contributed by atoms with Gasteiger partial charge in [-0.2, -0.15) is 0 Å². The molecule has 2 aromatic rings. The summed E-state index contributed by atoms with van der Waals surface area (Å²) in [6.07, 6.45) is 0. The second kappa shape index (κ2) is 6.01. The number of carbonyl (C=O) groups is 1. The van der Waals surface area contributed by atoms with Gasteiger partial charge in [-0.05, 0) is 36.8 Å². The highest BCUT2D eigenvalue weighted by molar-refractivity contribution is 6.34. The average Bonchev–Trinajstić information content (AvgIpc) is 2.41. The van der Waals surface area contributed by atoms with Crippen molar-refractivity contribution in [3.05, 3.63) is 58.4 Å². The fraction of sp³-hybridized carbons (Fsp3) is 0.133. The van der Waals surface area contributed by atoms with Crippen molar-refractivity contribution in [1.29, 1.82) is 0 Å². The van der Waals surface area contributed by atoms with Gasteiger partial charge in [0.15, 0.2) is 0 Å². The number of nitrogens with one attached hydrogen (secondary N) is 1. The summed E-state index contributed by atoms with van der Waals surface area (Å²) < 4.78 is 13.3. The Morgan fingerprint density at radius 2 is 2.05 bits per heavy atom. The Bertz CT molecular complexity index is 691. The molecule has 4 nitrogen and oxygen atoms in total. The number of halogens is 2. The Balaban J connectivity index is 2.37. The second-order valence-corrected chi connectivity index (χ2v) is 5.12. The maximum Gasteiger partial charge on any atom is 0.250 e. The molecular formula is C15H15ClFN3O. The summed E-state index contributed by atoms with van der Waals surface area (Å²) in [5.74, 6) is -0.974. The molecule has 21 heavy (non-hydrogen) atoms. The van der Waals surface area contributed by atoms with Gasteiger partial charge in [-0.1, -0.05) is 23.7 Å². The van der Waals surface area contributed by atoms with Crippen molar-refractivity contribution in [2.45, 2.75) is 13.0 Å². The monoisotopic (exact) mass is 307 g/mol. The van der Waals surface area contributed by atoms with E-state index in [1.54, 1.807) is 12.1 Å². The quantitative estimate of drug-likeness (QED) is 0.758. The lowest BCUT2D eigenvalue weighted by Crippen LogP contribution is -2.17. The number of nitrogens with two attached hydrogens (primary N) is 2. The molecule has 0 bridgehead atoms. The summed E-state index contributed by atoms with van der Waals surface area (Å²) in [7, 11) is 0. The van der Waals surface area contributed by atoms with Crippen LogP contribution in [0.3, 0.4) is 0 Å². The third kappa shape index (κ3) is 3.44. The van der Waals surface area contributed by atoms with E-state index in [9.17, 15) is 9.18 Å². The van der Waals surface area contributed by atoms with Crippen LogP contribution in [0.1, 0.15) is 28.9 Å². The molecule has 6 heteroatoms. The van der Waals surface area contributed by atoms with Crippen molar-refractivity contribution in [3.8, 4) is 0 Å². The first kappa shape index (κ1) is 15.1. The lowest BCUT2D eigenvalue weighted by atomic mass is 10.1. The predicted molar refractivity (Wildman–Crippen MR) is 82.8 cm³/mol. The molecule has 1 unspecified atom stereocenters. The molecule has 1 amide bonds. The molecule has 0 aliphatic carbocycles. The number of carbonyl (C=O) groups excluding carboxylic acids is 1. The number of anilines is 2. The molecule has 0 aliphatic heterocycles. The van der Waals surface area contributed by atoms with Gasteiger partial charge in [0.25, 0.3) is 5.91 Å². The van der Waals surface area contributed by atoms with Crippen LogP contribution in [0.5, 0.6) is 0 Å². The van der Waals surface area contributed by atoms with E-state index in [1.165, 1.54) is 24.3 Å². The summed E-state index contributed by atoms with van der Waals surface area (Å²) >= 11 is 6.12.